The number of para-hydroxylation sites is 1. The largest absolute Gasteiger partial charge is 0.508 e. The number of nitrogens with zero attached hydrogens (tertiary/aromatic N) is 1. The fourth-order valence-electron chi connectivity index (χ4n) is 3.83. The Labute approximate surface area is 190 Å². The number of phenolic OH excluding ortho intramolecular Hbond substituents is 1. The summed E-state index contributed by atoms with van der Waals surface area (Å²) < 4.78 is 29.4. The molecule has 2 aromatic carbocycles. The SMILES string of the molecule is CC(C1=C(NC(N)NC(CO)CO)N(c2c(F)cccc2F)C(=O)CC1)c1ccc(O)cc1. The topological polar surface area (TPSA) is 131 Å². The normalized spacial score (nSPS) is 16.3. The molecule has 0 aromatic heterocycles. The molecule has 1 aliphatic rings. The molecule has 0 saturated heterocycles. The van der Waals surface area contributed by atoms with Gasteiger partial charge in [-0.05, 0) is 41.8 Å². The van der Waals surface area contributed by atoms with Gasteiger partial charge >= 0.3 is 0 Å². The number of aliphatic hydroxyl groups is 2. The second-order valence-corrected chi connectivity index (χ2v) is 7.84. The molecular formula is C23H28F2N4O4. The van der Waals surface area contributed by atoms with Gasteiger partial charge in [0, 0.05) is 12.3 Å². The molecule has 33 heavy (non-hydrogen) atoms. The van der Waals surface area contributed by atoms with Crippen LogP contribution in [0.15, 0.2) is 53.9 Å². The van der Waals surface area contributed by atoms with Gasteiger partial charge < -0.3 is 20.6 Å². The first-order valence-corrected chi connectivity index (χ1v) is 10.6. The molecule has 0 radical (unpaired) electrons. The van der Waals surface area contributed by atoms with Gasteiger partial charge in [-0.3, -0.25) is 20.7 Å². The maximum Gasteiger partial charge on any atom is 0.233 e. The molecular weight excluding hydrogens is 434 g/mol. The Morgan fingerprint density at radius 2 is 1.67 bits per heavy atom. The van der Waals surface area contributed by atoms with Crippen molar-refractivity contribution >= 4 is 11.6 Å². The average Bonchev–Trinajstić information content (AvgIpc) is 2.79. The van der Waals surface area contributed by atoms with Gasteiger partial charge in [0.2, 0.25) is 5.91 Å². The van der Waals surface area contributed by atoms with Gasteiger partial charge in [-0.2, -0.15) is 0 Å². The lowest BCUT2D eigenvalue weighted by molar-refractivity contribution is -0.118. The number of carbonyl (C=O) groups is 1. The zero-order valence-electron chi connectivity index (χ0n) is 18.1. The molecule has 0 saturated carbocycles. The van der Waals surface area contributed by atoms with E-state index in [1.807, 2.05) is 6.92 Å². The number of hydrogen-bond acceptors (Lipinski definition) is 7. The van der Waals surface area contributed by atoms with Gasteiger partial charge in [0.15, 0.2) is 0 Å². The summed E-state index contributed by atoms with van der Waals surface area (Å²) in [6.07, 6.45) is -0.726. The first-order chi connectivity index (χ1) is 15.8. The molecule has 3 rings (SSSR count). The summed E-state index contributed by atoms with van der Waals surface area (Å²) in [5.74, 6) is -2.42. The number of rotatable bonds is 9. The number of aliphatic hydroxyl groups excluding tert-OH is 2. The number of nitrogens with one attached hydrogen (secondary N) is 2. The van der Waals surface area contributed by atoms with E-state index in [1.54, 1.807) is 12.1 Å². The van der Waals surface area contributed by atoms with E-state index in [1.165, 1.54) is 18.2 Å². The summed E-state index contributed by atoms with van der Waals surface area (Å²) >= 11 is 0. The van der Waals surface area contributed by atoms with Crippen molar-refractivity contribution in [3.63, 3.8) is 0 Å². The quantitative estimate of drug-likeness (QED) is 0.312. The Hall–Kier alpha value is -3.05. The van der Waals surface area contributed by atoms with Crippen molar-refractivity contribution in [2.75, 3.05) is 18.1 Å². The highest BCUT2D eigenvalue weighted by Crippen LogP contribution is 2.38. The molecule has 0 aliphatic carbocycles. The second-order valence-electron chi connectivity index (χ2n) is 7.84. The third-order valence-corrected chi connectivity index (χ3v) is 5.61. The molecule has 1 heterocycles. The van der Waals surface area contributed by atoms with Gasteiger partial charge in [0.1, 0.15) is 35.2 Å². The number of aromatic hydroxyl groups is 1. The Morgan fingerprint density at radius 1 is 1.06 bits per heavy atom. The zero-order chi connectivity index (χ0) is 24.1. The van der Waals surface area contributed by atoms with Crippen molar-refractivity contribution in [3.8, 4) is 5.75 Å². The summed E-state index contributed by atoms with van der Waals surface area (Å²) in [4.78, 5) is 13.9. The molecule has 8 nitrogen and oxygen atoms in total. The highest BCUT2D eigenvalue weighted by Gasteiger charge is 2.34. The van der Waals surface area contributed by atoms with Crippen LogP contribution in [-0.2, 0) is 4.79 Å². The van der Waals surface area contributed by atoms with E-state index in [-0.39, 0.29) is 23.9 Å². The van der Waals surface area contributed by atoms with Crippen LogP contribution in [0, 0.1) is 11.6 Å². The lowest BCUT2D eigenvalue weighted by atomic mass is 9.87. The average molecular weight is 462 g/mol. The second kappa shape index (κ2) is 10.7. The zero-order valence-corrected chi connectivity index (χ0v) is 18.1. The minimum absolute atomic E-state index is 0.0231. The number of halogens is 2. The van der Waals surface area contributed by atoms with E-state index in [2.05, 4.69) is 10.6 Å². The van der Waals surface area contributed by atoms with Crippen molar-refractivity contribution in [2.45, 2.75) is 38.0 Å². The van der Waals surface area contributed by atoms with Crippen LogP contribution in [0.25, 0.3) is 0 Å². The Balaban J connectivity index is 2.10. The monoisotopic (exact) mass is 462 g/mol. The Bertz CT molecular complexity index is 992. The van der Waals surface area contributed by atoms with E-state index in [4.69, 9.17) is 5.73 Å². The highest BCUT2D eigenvalue weighted by molar-refractivity contribution is 5.98. The van der Waals surface area contributed by atoms with E-state index >= 15 is 0 Å². The van der Waals surface area contributed by atoms with E-state index in [0.29, 0.717) is 12.0 Å². The number of allylic oxidation sites excluding steroid dienone is 1. The van der Waals surface area contributed by atoms with Crippen LogP contribution in [0.4, 0.5) is 14.5 Å². The summed E-state index contributed by atoms with van der Waals surface area (Å²) in [6, 6.07) is 9.09. The Morgan fingerprint density at radius 3 is 2.24 bits per heavy atom. The van der Waals surface area contributed by atoms with Gasteiger partial charge in [-0.1, -0.05) is 25.1 Å². The minimum atomic E-state index is -1.06. The summed E-state index contributed by atoms with van der Waals surface area (Å²) in [5, 5.41) is 34.0. The van der Waals surface area contributed by atoms with Crippen LogP contribution < -0.4 is 21.3 Å². The number of benzene rings is 2. The number of nitrogens with two attached hydrogens (primary N) is 1. The van der Waals surface area contributed by atoms with Gasteiger partial charge in [-0.25, -0.2) is 8.78 Å². The van der Waals surface area contributed by atoms with Crippen molar-refractivity contribution in [1.82, 2.24) is 10.6 Å². The first kappa shape index (κ1) is 24.6. The smallest absolute Gasteiger partial charge is 0.233 e. The van der Waals surface area contributed by atoms with Gasteiger partial charge in [0.05, 0.1) is 19.3 Å². The molecule has 1 aliphatic heterocycles. The van der Waals surface area contributed by atoms with E-state index in [0.717, 1.165) is 22.6 Å². The minimum Gasteiger partial charge on any atom is -0.508 e. The van der Waals surface area contributed by atoms with Crippen molar-refractivity contribution in [2.24, 2.45) is 5.73 Å². The fraction of sp³-hybridized carbons (Fsp3) is 0.348. The fourth-order valence-corrected chi connectivity index (χ4v) is 3.83. The van der Waals surface area contributed by atoms with Crippen LogP contribution in [0.3, 0.4) is 0 Å². The van der Waals surface area contributed by atoms with Gasteiger partial charge in [-0.15, -0.1) is 0 Å². The number of phenols is 1. The van der Waals surface area contributed by atoms with E-state index in [9.17, 15) is 28.9 Å². The van der Waals surface area contributed by atoms with Crippen molar-refractivity contribution < 1.29 is 28.9 Å². The number of carbonyl (C=O) groups excluding carboxylic acids is 1. The predicted octanol–water partition coefficient (Wildman–Crippen LogP) is 1.59. The third-order valence-electron chi connectivity index (χ3n) is 5.61. The molecule has 0 spiro atoms. The summed E-state index contributed by atoms with van der Waals surface area (Å²) in [5.41, 5.74) is 7.07. The highest BCUT2D eigenvalue weighted by atomic mass is 19.1. The lowest BCUT2D eigenvalue weighted by Gasteiger charge is -2.37. The summed E-state index contributed by atoms with van der Waals surface area (Å²) in [7, 11) is 0. The predicted molar refractivity (Wildman–Crippen MR) is 119 cm³/mol. The van der Waals surface area contributed by atoms with Crippen LogP contribution in [0.1, 0.15) is 31.2 Å². The van der Waals surface area contributed by atoms with Crippen molar-refractivity contribution in [1.29, 1.82) is 0 Å². The standard InChI is InChI=1S/C23H28F2N4O4/c1-13(14-5-7-16(32)8-6-14)17-9-10-20(33)29(21-18(24)3-2-4-19(21)25)22(17)28-23(26)27-15(11-30)12-31/h2-8,13,15,23,27-28,30-32H,9-12,26H2,1H3. The van der Waals surface area contributed by atoms with Gasteiger partial charge in [0.25, 0.3) is 0 Å². The number of amides is 1. The molecule has 178 valence electrons. The molecule has 0 bridgehead atoms. The van der Waals surface area contributed by atoms with Crippen LogP contribution in [-0.4, -0.2) is 46.8 Å². The molecule has 2 aromatic rings. The molecule has 2 unspecified atom stereocenters. The summed E-state index contributed by atoms with van der Waals surface area (Å²) in [6.45, 7) is 1.08. The third kappa shape index (κ3) is 5.48. The van der Waals surface area contributed by atoms with Crippen LogP contribution >= 0.6 is 0 Å². The van der Waals surface area contributed by atoms with Crippen LogP contribution in [0.2, 0.25) is 0 Å². The molecule has 2 atom stereocenters. The maximum atomic E-state index is 14.7. The van der Waals surface area contributed by atoms with Crippen LogP contribution in [0.5, 0.6) is 5.75 Å². The first-order valence-electron chi connectivity index (χ1n) is 10.6. The molecule has 0 fully saturated rings. The van der Waals surface area contributed by atoms with Crippen molar-refractivity contribution in [3.05, 3.63) is 71.1 Å². The number of hydrogen-bond donors (Lipinski definition) is 6. The number of anilines is 1. The maximum absolute atomic E-state index is 14.7. The van der Waals surface area contributed by atoms with E-state index < -0.39 is 48.8 Å². The molecule has 10 heteroatoms. The molecule has 7 N–H and O–H groups in total. The molecule has 1 amide bonds. The lowest BCUT2D eigenvalue weighted by Crippen LogP contribution is -2.58. The Kier molecular flexibility index (Phi) is 7.98.